The molecule has 0 N–H and O–H groups in total. The Morgan fingerprint density at radius 2 is 2.21 bits per heavy atom. The van der Waals surface area contributed by atoms with Crippen molar-refractivity contribution >= 4 is 18.1 Å². The first-order valence-corrected chi connectivity index (χ1v) is 4.03. The predicted molar refractivity (Wildman–Crippen MR) is 49.7 cm³/mol. The lowest BCUT2D eigenvalue weighted by molar-refractivity contribution is 0.0600. The quantitative estimate of drug-likeness (QED) is 0.620. The van der Waals surface area contributed by atoms with Crippen LogP contribution >= 0.6 is 0 Å². The van der Waals surface area contributed by atoms with Crippen LogP contribution in [0.3, 0.4) is 0 Å². The molecule has 0 radical (unpaired) electrons. The van der Waals surface area contributed by atoms with E-state index in [1.807, 2.05) is 0 Å². The van der Waals surface area contributed by atoms with Gasteiger partial charge < -0.3 is 4.74 Å². The van der Waals surface area contributed by atoms with Crippen molar-refractivity contribution in [2.24, 2.45) is 4.99 Å². The van der Waals surface area contributed by atoms with Crippen LogP contribution in [0, 0.1) is 0 Å². The Hall–Kier alpha value is -1.97. The third-order valence-corrected chi connectivity index (χ3v) is 2.02. The lowest BCUT2D eigenvalue weighted by Gasteiger charge is -2.00. The molecule has 0 saturated carbocycles. The van der Waals surface area contributed by atoms with Crippen LogP contribution in [-0.4, -0.2) is 25.2 Å². The van der Waals surface area contributed by atoms with Crippen LogP contribution < -0.4 is 0 Å². The number of amides is 1. The molecule has 1 aliphatic rings. The summed E-state index contributed by atoms with van der Waals surface area (Å²) in [5.74, 6) is -0.683. The number of benzene rings is 1. The van der Waals surface area contributed by atoms with Gasteiger partial charge in [0.1, 0.15) is 0 Å². The minimum absolute atomic E-state index is 0.267. The third kappa shape index (κ3) is 1.21. The van der Waals surface area contributed by atoms with E-state index in [-0.39, 0.29) is 5.91 Å². The van der Waals surface area contributed by atoms with Gasteiger partial charge in [0.05, 0.1) is 18.2 Å². The second-order valence-corrected chi connectivity index (χ2v) is 2.86. The number of fused-ring (bicyclic) bond motifs is 1. The van der Waals surface area contributed by atoms with Crippen LogP contribution in [0.5, 0.6) is 0 Å². The van der Waals surface area contributed by atoms with E-state index in [2.05, 4.69) is 9.73 Å². The van der Waals surface area contributed by atoms with Crippen molar-refractivity contribution in [2.75, 3.05) is 7.11 Å². The zero-order valence-electron chi connectivity index (χ0n) is 7.48. The smallest absolute Gasteiger partial charge is 0.337 e. The van der Waals surface area contributed by atoms with Crippen molar-refractivity contribution < 1.29 is 14.3 Å². The van der Waals surface area contributed by atoms with Gasteiger partial charge in [-0.2, -0.15) is 0 Å². The number of nitrogens with zero attached hydrogens (tertiary/aromatic N) is 1. The summed E-state index contributed by atoms with van der Waals surface area (Å²) < 4.78 is 4.55. The van der Waals surface area contributed by atoms with Crippen molar-refractivity contribution in [1.29, 1.82) is 0 Å². The van der Waals surface area contributed by atoms with Crippen LogP contribution in [0.15, 0.2) is 23.2 Å². The molecule has 1 aromatic carbocycles. The van der Waals surface area contributed by atoms with E-state index in [1.165, 1.54) is 13.3 Å². The predicted octanol–water partition coefficient (Wildman–Crippen LogP) is 1.05. The zero-order chi connectivity index (χ0) is 10.1. The Balaban J connectivity index is 2.47. The molecule has 4 nitrogen and oxygen atoms in total. The second kappa shape index (κ2) is 3.06. The molecule has 1 amide bonds. The molecule has 1 heterocycles. The number of rotatable bonds is 1. The fourth-order valence-corrected chi connectivity index (χ4v) is 1.31. The van der Waals surface area contributed by atoms with E-state index in [4.69, 9.17) is 0 Å². The summed E-state index contributed by atoms with van der Waals surface area (Å²) in [6.45, 7) is 0. The highest BCUT2D eigenvalue weighted by Crippen LogP contribution is 2.16. The maximum absolute atomic E-state index is 11.1. The van der Waals surface area contributed by atoms with Gasteiger partial charge in [-0.1, -0.05) is 0 Å². The number of ether oxygens (including phenoxy) is 1. The lowest BCUT2D eigenvalue weighted by Crippen LogP contribution is -2.02. The molecule has 0 aliphatic carbocycles. The Bertz CT molecular complexity index is 449. The molecule has 1 aromatic rings. The Kier molecular flexibility index (Phi) is 1.89. The Labute approximate surface area is 80.2 Å². The fourth-order valence-electron chi connectivity index (χ4n) is 1.31. The maximum atomic E-state index is 11.1. The number of hydrogen-bond donors (Lipinski definition) is 0. The largest absolute Gasteiger partial charge is 0.465 e. The van der Waals surface area contributed by atoms with E-state index in [1.54, 1.807) is 18.2 Å². The first-order chi connectivity index (χ1) is 6.72. The highest BCUT2D eigenvalue weighted by molar-refractivity contribution is 6.13. The van der Waals surface area contributed by atoms with Gasteiger partial charge in [-0.05, 0) is 18.2 Å². The molecule has 2 rings (SSSR count). The van der Waals surface area contributed by atoms with Crippen LogP contribution in [-0.2, 0) is 4.74 Å². The number of carbonyl (C=O) groups is 2. The highest BCUT2D eigenvalue weighted by Gasteiger charge is 2.17. The normalized spacial score (nSPS) is 12.8. The summed E-state index contributed by atoms with van der Waals surface area (Å²) in [6, 6.07) is 4.73. The standard InChI is InChI=1S/C10H7NO3/c1-14-10(13)6-2-3-8-7(4-6)5-11-9(8)12/h2-5H,1H3. The minimum Gasteiger partial charge on any atom is -0.465 e. The Morgan fingerprint density at radius 1 is 1.43 bits per heavy atom. The molecule has 14 heavy (non-hydrogen) atoms. The molecule has 0 atom stereocenters. The molecule has 0 fully saturated rings. The molecule has 0 unspecified atom stereocenters. The number of hydrogen-bond acceptors (Lipinski definition) is 3. The van der Waals surface area contributed by atoms with Gasteiger partial charge in [0.2, 0.25) is 0 Å². The molecule has 1 aliphatic heterocycles. The number of carbonyl (C=O) groups excluding carboxylic acids is 2. The lowest BCUT2D eigenvalue weighted by atomic mass is 10.1. The molecular formula is C10H7NO3. The van der Waals surface area contributed by atoms with Gasteiger partial charge in [-0.25, -0.2) is 9.79 Å². The van der Waals surface area contributed by atoms with Gasteiger partial charge in [-0.3, -0.25) is 4.79 Å². The van der Waals surface area contributed by atoms with Crippen molar-refractivity contribution in [3.63, 3.8) is 0 Å². The van der Waals surface area contributed by atoms with Crippen molar-refractivity contribution in [2.45, 2.75) is 0 Å². The molecule has 0 bridgehead atoms. The monoisotopic (exact) mass is 189 g/mol. The zero-order valence-corrected chi connectivity index (χ0v) is 7.48. The summed E-state index contributed by atoms with van der Waals surface area (Å²) in [6.07, 6.45) is 1.45. The summed E-state index contributed by atoms with van der Waals surface area (Å²) >= 11 is 0. The molecule has 70 valence electrons. The summed E-state index contributed by atoms with van der Waals surface area (Å²) in [5.41, 5.74) is 1.61. The molecule has 0 aromatic heterocycles. The summed E-state index contributed by atoms with van der Waals surface area (Å²) in [4.78, 5) is 25.9. The second-order valence-electron chi connectivity index (χ2n) is 2.86. The average molecular weight is 189 g/mol. The molecular weight excluding hydrogens is 182 g/mol. The van der Waals surface area contributed by atoms with Gasteiger partial charge in [0.15, 0.2) is 0 Å². The third-order valence-electron chi connectivity index (χ3n) is 2.02. The van der Waals surface area contributed by atoms with Crippen LogP contribution in [0.2, 0.25) is 0 Å². The molecule has 0 saturated heterocycles. The van der Waals surface area contributed by atoms with Crippen LogP contribution in [0.1, 0.15) is 26.3 Å². The SMILES string of the molecule is COC(=O)c1ccc2c(c1)C=NC2=O. The van der Waals surface area contributed by atoms with Crippen LogP contribution in [0.25, 0.3) is 0 Å². The molecule has 4 heteroatoms. The number of esters is 1. The first kappa shape index (κ1) is 8.62. The fraction of sp³-hybridized carbons (Fsp3) is 0.100. The van der Waals surface area contributed by atoms with E-state index >= 15 is 0 Å². The van der Waals surface area contributed by atoms with E-state index in [0.717, 1.165) is 0 Å². The number of aliphatic imine (C=N–C) groups is 1. The Morgan fingerprint density at radius 3 is 2.93 bits per heavy atom. The minimum atomic E-state index is -0.416. The summed E-state index contributed by atoms with van der Waals surface area (Å²) in [5, 5.41) is 0. The topological polar surface area (TPSA) is 55.7 Å². The van der Waals surface area contributed by atoms with Gasteiger partial charge >= 0.3 is 5.97 Å². The maximum Gasteiger partial charge on any atom is 0.337 e. The highest BCUT2D eigenvalue weighted by atomic mass is 16.5. The van der Waals surface area contributed by atoms with Gasteiger partial charge in [-0.15, -0.1) is 0 Å². The number of methoxy groups -OCH3 is 1. The van der Waals surface area contributed by atoms with Gasteiger partial charge in [0.25, 0.3) is 5.91 Å². The van der Waals surface area contributed by atoms with Crippen molar-refractivity contribution in [1.82, 2.24) is 0 Å². The molecule has 0 spiro atoms. The van der Waals surface area contributed by atoms with Crippen LogP contribution in [0.4, 0.5) is 0 Å². The van der Waals surface area contributed by atoms with Crippen molar-refractivity contribution in [3.05, 3.63) is 34.9 Å². The average Bonchev–Trinajstić information content (AvgIpc) is 2.59. The van der Waals surface area contributed by atoms with E-state index in [0.29, 0.717) is 16.7 Å². The van der Waals surface area contributed by atoms with Crippen molar-refractivity contribution in [3.8, 4) is 0 Å². The van der Waals surface area contributed by atoms with E-state index in [9.17, 15) is 9.59 Å². The van der Waals surface area contributed by atoms with Gasteiger partial charge in [0, 0.05) is 11.8 Å². The first-order valence-electron chi connectivity index (χ1n) is 4.03. The summed E-state index contributed by atoms with van der Waals surface area (Å²) in [7, 11) is 1.31. The van der Waals surface area contributed by atoms with E-state index < -0.39 is 5.97 Å².